The molecule has 1 aromatic rings. The molecule has 1 aromatic carbocycles. The minimum absolute atomic E-state index is 0.289. The van der Waals surface area contributed by atoms with Crippen LogP contribution in [-0.4, -0.2) is 32.4 Å². The van der Waals surface area contributed by atoms with E-state index in [9.17, 15) is 0 Å². The SMILES string of the molecule is c1ccc(OCCC2(CNC3CC3)CCOC2)cc1. The Kier molecular flexibility index (Phi) is 4.04. The number of rotatable bonds is 7. The Morgan fingerprint density at radius 2 is 2.11 bits per heavy atom. The Hall–Kier alpha value is -1.06. The topological polar surface area (TPSA) is 30.5 Å². The molecule has 1 aliphatic heterocycles. The fourth-order valence-electron chi connectivity index (χ4n) is 2.62. The van der Waals surface area contributed by atoms with E-state index in [-0.39, 0.29) is 5.41 Å². The second-order valence-corrected chi connectivity index (χ2v) is 5.87. The van der Waals surface area contributed by atoms with Gasteiger partial charge in [-0.05, 0) is 37.8 Å². The highest BCUT2D eigenvalue weighted by molar-refractivity contribution is 5.20. The minimum Gasteiger partial charge on any atom is -0.494 e. The third-order valence-corrected chi connectivity index (χ3v) is 4.17. The van der Waals surface area contributed by atoms with Crippen molar-refractivity contribution in [3.63, 3.8) is 0 Å². The molecule has 19 heavy (non-hydrogen) atoms. The molecular formula is C16H23NO2. The molecule has 0 radical (unpaired) electrons. The Labute approximate surface area is 115 Å². The molecule has 2 fully saturated rings. The number of para-hydroxylation sites is 1. The zero-order valence-corrected chi connectivity index (χ0v) is 11.4. The molecule has 3 nitrogen and oxygen atoms in total. The van der Waals surface area contributed by atoms with E-state index in [1.807, 2.05) is 30.3 Å². The fraction of sp³-hybridized carbons (Fsp3) is 0.625. The lowest BCUT2D eigenvalue weighted by molar-refractivity contribution is 0.128. The van der Waals surface area contributed by atoms with Gasteiger partial charge in [-0.1, -0.05) is 18.2 Å². The van der Waals surface area contributed by atoms with E-state index in [1.165, 1.54) is 12.8 Å². The van der Waals surface area contributed by atoms with Gasteiger partial charge in [0.05, 0.1) is 13.2 Å². The van der Waals surface area contributed by atoms with Crippen LogP contribution in [0.1, 0.15) is 25.7 Å². The van der Waals surface area contributed by atoms with Crippen LogP contribution >= 0.6 is 0 Å². The van der Waals surface area contributed by atoms with Gasteiger partial charge in [0.15, 0.2) is 0 Å². The summed E-state index contributed by atoms with van der Waals surface area (Å²) in [7, 11) is 0. The fourth-order valence-corrected chi connectivity index (χ4v) is 2.62. The number of hydrogen-bond acceptors (Lipinski definition) is 3. The molecule has 3 heteroatoms. The van der Waals surface area contributed by atoms with Crippen LogP contribution < -0.4 is 10.1 Å². The van der Waals surface area contributed by atoms with Gasteiger partial charge in [-0.3, -0.25) is 0 Å². The standard InChI is InChI=1S/C16H23NO2/c1-2-4-15(5-3-1)19-11-9-16(8-10-18-13-16)12-17-14-6-7-14/h1-5,14,17H,6-13H2. The van der Waals surface area contributed by atoms with Crippen molar-refractivity contribution in [2.75, 3.05) is 26.4 Å². The molecular weight excluding hydrogens is 238 g/mol. The van der Waals surface area contributed by atoms with Crippen LogP contribution in [0.5, 0.6) is 5.75 Å². The van der Waals surface area contributed by atoms with Gasteiger partial charge in [-0.2, -0.15) is 0 Å². The van der Waals surface area contributed by atoms with E-state index in [2.05, 4.69) is 5.32 Å². The van der Waals surface area contributed by atoms with Crippen molar-refractivity contribution in [2.24, 2.45) is 5.41 Å². The van der Waals surface area contributed by atoms with Gasteiger partial charge >= 0.3 is 0 Å². The molecule has 1 aliphatic carbocycles. The van der Waals surface area contributed by atoms with Gasteiger partial charge in [-0.15, -0.1) is 0 Å². The average Bonchev–Trinajstić information content (AvgIpc) is 3.17. The normalized spacial score (nSPS) is 26.5. The highest BCUT2D eigenvalue weighted by Crippen LogP contribution is 2.33. The van der Waals surface area contributed by atoms with Gasteiger partial charge < -0.3 is 14.8 Å². The van der Waals surface area contributed by atoms with Crippen LogP contribution in [0.15, 0.2) is 30.3 Å². The van der Waals surface area contributed by atoms with Crippen molar-refractivity contribution in [2.45, 2.75) is 31.7 Å². The van der Waals surface area contributed by atoms with E-state index in [0.717, 1.165) is 51.0 Å². The summed E-state index contributed by atoms with van der Waals surface area (Å²) in [5.74, 6) is 0.965. The van der Waals surface area contributed by atoms with Gasteiger partial charge in [0.25, 0.3) is 0 Å². The molecule has 1 saturated carbocycles. The molecule has 0 bridgehead atoms. The van der Waals surface area contributed by atoms with Gasteiger partial charge in [0.1, 0.15) is 5.75 Å². The lowest BCUT2D eigenvalue weighted by Gasteiger charge is -2.27. The molecule has 1 saturated heterocycles. The van der Waals surface area contributed by atoms with Crippen molar-refractivity contribution in [3.8, 4) is 5.75 Å². The van der Waals surface area contributed by atoms with Crippen molar-refractivity contribution in [1.29, 1.82) is 0 Å². The van der Waals surface area contributed by atoms with Gasteiger partial charge in [0, 0.05) is 24.6 Å². The number of nitrogens with one attached hydrogen (secondary N) is 1. The first-order chi connectivity index (χ1) is 9.36. The highest BCUT2D eigenvalue weighted by Gasteiger charge is 2.36. The summed E-state index contributed by atoms with van der Waals surface area (Å²) in [6.07, 6.45) is 4.92. The predicted octanol–water partition coefficient (Wildman–Crippen LogP) is 2.61. The van der Waals surface area contributed by atoms with Crippen molar-refractivity contribution in [3.05, 3.63) is 30.3 Å². The summed E-state index contributed by atoms with van der Waals surface area (Å²) >= 11 is 0. The zero-order valence-electron chi connectivity index (χ0n) is 11.4. The first-order valence-corrected chi connectivity index (χ1v) is 7.35. The molecule has 104 valence electrons. The predicted molar refractivity (Wildman–Crippen MR) is 75.4 cm³/mol. The molecule has 0 amide bonds. The van der Waals surface area contributed by atoms with Crippen LogP contribution in [-0.2, 0) is 4.74 Å². The third-order valence-electron chi connectivity index (χ3n) is 4.17. The summed E-state index contributed by atoms with van der Waals surface area (Å²) in [6.45, 7) is 3.64. The molecule has 1 N–H and O–H groups in total. The Bertz CT molecular complexity index is 383. The third kappa shape index (κ3) is 3.71. The van der Waals surface area contributed by atoms with Crippen LogP contribution in [0.25, 0.3) is 0 Å². The molecule has 1 unspecified atom stereocenters. The van der Waals surface area contributed by atoms with Crippen molar-refractivity contribution in [1.82, 2.24) is 5.32 Å². The second kappa shape index (κ2) is 5.93. The lowest BCUT2D eigenvalue weighted by atomic mass is 9.84. The number of benzene rings is 1. The van der Waals surface area contributed by atoms with Crippen molar-refractivity contribution >= 4 is 0 Å². The maximum atomic E-state index is 5.83. The van der Waals surface area contributed by atoms with Crippen LogP contribution in [0.3, 0.4) is 0 Å². The summed E-state index contributed by atoms with van der Waals surface area (Å²) in [6, 6.07) is 10.8. The monoisotopic (exact) mass is 261 g/mol. The maximum absolute atomic E-state index is 5.83. The lowest BCUT2D eigenvalue weighted by Crippen LogP contribution is -2.37. The first kappa shape index (κ1) is 12.9. The molecule has 1 heterocycles. The van der Waals surface area contributed by atoms with E-state index in [0.29, 0.717) is 0 Å². The maximum Gasteiger partial charge on any atom is 0.119 e. The van der Waals surface area contributed by atoms with E-state index in [4.69, 9.17) is 9.47 Å². The van der Waals surface area contributed by atoms with Gasteiger partial charge in [-0.25, -0.2) is 0 Å². The summed E-state index contributed by atoms with van der Waals surface area (Å²) < 4.78 is 11.5. The van der Waals surface area contributed by atoms with E-state index in [1.54, 1.807) is 0 Å². The smallest absolute Gasteiger partial charge is 0.119 e. The van der Waals surface area contributed by atoms with E-state index >= 15 is 0 Å². The summed E-state index contributed by atoms with van der Waals surface area (Å²) in [5.41, 5.74) is 0.289. The minimum atomic E-state index is 0.289. The molecule has 0 spiro atoms. The Morgan fingerprint density at radius 3 is 2.79 bits per heavy atom. The molecule has 0 aromatic heterocycles. The zero-order chi connectivity index (χ0) is 13.0. The average molecular weight is 261 g/mol. The van der Waals surface area contributed by atoms with Crippen LogP contribution in [0.2, 0.25) is 0 Å². The Balaban J connectivity index is 1.47. The Morgan fingerprint density at radius 1 is 1.26 bits per heavy atom. The second-order valence-electron chi connectivity index (χ2n) is 5.87. The molecule has 2 aliphatic rings. The number of hydrogen-bond donors (Lipinski definition) is 1. The summed E-state index contributed by atoms with van der Waals surface area (Å²) in [5, 5.41) is 3.65. The first-order valence-electron chi connectivity index (χ1n) is 7.35. The van der Waals surface area contributed by atoms with E-state index < -0.39 is 0 Å². The van der Waals surface area contributed by atoms with Crippen LogP contribution in [0, 0.1) is 5.41 Å². The quantitative estimate of drug-likeness (QED) is 0.818. The molecule has 1 atom stereocenters. The van der Waals surface area contributed by atoms with Crippen LogP contribution in [0.4, 0.5) is 0 Å². The highest BCUT2D eigenvalue weighted by atomic mass is 16.5. The van der Waals surface area contributed by atoms with Gasteiger partial charge in [0.2, 0.25) is 0 Å². The summed E-state index contributed by atoms with van der Waals surface area (Å²) in [4.78, 5) is 0. The number of ether oxygens (including phenoxy) is 2. The molecule has 3 rings (SSSR count). The van der Waals surface area contributed by atoms with Crippen molar-refractivity contribution < 1.29 is 9.47 Å². The largest absolute Gasteiger partial charge is 0.494 e.